The van der Waals surface area contributed by atoms with Gasteiger partial charge in [0.2, 0.25) is 0 Å². The Morgan fingerprint density at radius 3 is 2.79 bits per heavy atom. The summed E-state index contributed by atoms with van der Waals surface area (Å²) in [5, 5.41) is 4.46. The van der Waals surface area contributed by atoms with Crippen molar-refractivity contribution in [3.63, 3.8) is 0 Å². The van der Waals surface area contributed by atoms with Crippen molar-refractivity contribution in [2.75, 3.05) is 0 Å². The average Bonchev–Trinajstić information content (AvgIpc) is 2.73. The second kappa shape index (κ2) is 5.80. The van der Waals surface area contributed by atoms with Gasteiger partial charge in [-0.15, -0.1) is 11.3 Å². The molecule has 0 saturated carbocycles. The molecule has 4 heteroatoms. The molecule has 0 radical (unpaired) electrons. The highest BCUT2D eigenvalue weighted by Crippen LogP contribution is 2.18. The number of nitrogens with one attached hydrogen (secondary N) is 1. The van der Waals surface area contributed by atoms with Gasteiger partial charge < -0.3 is 5.32 Å². The molecule has 1 aromatic carbocycles. The lowest BCUT2D eigenvalue weighted by Crippen LogP contribution is -2.34. The number of halogens is 1. The van der Waals surface area contributed by atoms with Gasteiger partial charge in [0.1, 0.15) is 5.82 Å². The first kappa shape index (κ1) is 14.2. The van der Waals surface area contributed by atoms with Crippen LogP contribution in [0.3, 0.4) is 0 Å². The number of hydrogen-bond acceptors (Lipinski definition) is 3. The Morgan fingerprint density at radius 2 is 2.11 bits per heavy atom. The molecule has 0 aliphatic rings. The van der Waals surface area contributed by atoms with Gasteiger partial charge in [-0.2, -0.15) is 0 Å². The highest BCUT2D eigenvalue weighted by Gasteiger charge is 2.10. The molecule has 0 bridgehead atoms. The van der Waals surface area contributed by atoms with Gasteiger partial charge in [0, 0.05) is 29.6 Å². The van der Waals surface area contributed by atoms with Gasteiger partial charge in [0.15, 0.2) is 0 Å². The van der Waals surface area contributed by atoms with Crippen molar-refractivity contribution in [2.24, 2.45) is 0 Å². The summed E-state index contributed by atoms with van der Waals surface area (Å²) in [6.45, 7) is 7.25. The highest BCUT2D eigenvalue weighted by atomic mass is 32.1. The molecule has 0 aliphatic carbocycles. The molecule has 2 rings (SSSR count). The smallest absolute Gasteiger partial charge is 0.123 e. The molecule has 0 atom stereocenters. The van der Waals surface area contributed by atoms with Crippen molar-refractivity contribution >= 4 is 11.3 Å². The number of benzene rings is 1. The predicted molar refractivity (Wildman–Crippen MR) is 77.9 cm³/mol. The van der Waals surface area contributed by atoms with Gasteiger partial charge in [0.25, 0.3) is 0 Å². The second-order valence-electron chi connectivity index (χ2n) is 5.63. The van der Waals surface area contributed by atoms with E-state index in [2.05, 4.69) is 31.1 Å². The molecule has 102 valence electrons. The largest absolute Gasteiger partial charge is 0.307 e. The number of rotatable bonds is 4. The molecular formula is C15H19FN2S. The van der Waals surface area contributed by atoms with Crippen molar-refractivity contribution in [3.8, 4) is 0 Å². The average molecular weight is 278 g/mol. The van der Waals surface area contributed by atoms with E-state index in [0.29, 0.717) is 6.42 Å². The van der Waals surface area contributed by atoms with E-state index in [1.807, 2.05) is 12.3 Å². The molecule has 0 fully saturated rings. The Labute approximate surface area is 117 Å². The van der Waals surface area contributed by atoms with Gasteiger partial charge in [-0.25, -0.2) is 9.37 Å². The van der Waals surface area contributed by atoms with Gasteiger partial charge in [-0.05, 0) is 38.5 Å². The summed E-state index contributed by atoms with van der Waals surface area (Å²) in [7, 11) is 0. The van der Waals surface area contributed by atoms with Crippen LogP contribution in [-0.2, 0) is 13.0 Å². The molecule has 2 nitrogen and oxygen atoms in total. The maximum Gasteiger partial charge on any atom is 0.123 e. The summed E-state index contributed by atoms with van der Waals surface area (Å²) in [6, 6.07) is 6.69. The van der Waals surface area contributed by atoms with Crippen LogP contribution in [0.4, 0.5) is 4.39 Å². The molecule has 2 aromatic rings. The highest BCUT2D eigenvalue weighted by molar-refractivity contribution is 7.11. The molecule has 1 aromatic heterocycles. The summed E-state index contributed by atoms with van der Waals surface area (Å²) >= 11 is 1.68. The number of aromatic nitrogens is 1. The van der Waals surface area contributed by atoms with E-state index in [4.69, 9.17) is 0 Å². The maximum atomic E-state index is 13.1. The molecule has 0 aliphatic heterocycles. The van der Waals surface area contributed by atoms with E-state index in [1.165, 1.54) is 10.9 Å². The van der Waals surface area contributed by atoms with E-state index in [-0.39, 0.29) is 11.4 Å². The van der Waals surface area contributed by atoms with E-state index in [9.17, 15) is 4.39 Å². The van der Waals surface area contributed by atoms with Crippen LogP contribution in [-0.4, -0.2) is 10.5 Å². The number of hydrogen-bond donors (Lipinski definition) is 1. The van der Waals surface area contributed by atoms with Crippen molar-refractivity contribution in [1.82, 2.24) is 10.3 Å². The molecule has 0 saturated heterocycles. The summed E-state index contributed by atoms with van der Waals surface area (Å²) in [4.78, 5) is 5.61. The van der Waals surface area contributed by atoms with Crippen molar-refractivity contribution < 1.29 is 4.39 Å². The topological polar surface area (TPSA) is 24.9 Å². The predicted octanol–water partition coefficient (Wildman–Crippen LogP) is 3.76. The Balaban J connectivity index is 1.97. The third-order valence-corrected chi connectivity index (χ3v) is 3.64. The zero-order chi connectivity index (χ0) is 13.9. The number of thiazole rings is 1. The van der Waals surface area contributed by atoms with Gasteiger partial charge in [-0.1, -0.05) is 12.1 Å². The summed E-state index contributed by atoms with van der Waals surface area (Å²) in [5.74, 6) is -0.191. The Morgan fingerprint density at radius 1 is 1.32 bits per heavy atom. The van der Waals surface area contributed by atoms with Crippen LogP contribution in [0.25, 0.3) is 0 Å². The minimum atomic E-state index is -0.191. The standard InChI is InChI=1S/C15H19FN2S/c1-15(2,3)18-10-13-9-17-14(19-13)8-11-5-4-6-12(16)7-11/h4-7,9,18H,8,10H2,1-3H3. The van der Waals surface area contributed by atoms with Crippen LogP contribution in [0.15, 0.2) is 30.5 Å². The zero-order valence-corrected chi connectivity index (χ0v) is 12.4. The van der Waals surface area contributed by atoms with Crippen LogP contribution >= 0.6 is 11.3 Å². The molecule has 1 heterocycles. The first-order valence-corrected chi connectivity index (χ1v) is 7.17. The summed E-state index contributed by atoms with van der Waals surface area (Å²) in [6.07, 6.45) is 2.59. The molecule has 0 spiro atoms. The lowest BCUT2D eigenvalue weighted by Gasteiger charge is -2.19. The lowest BCUT2D eigenvalue weighted by atomic mass is 10.1. The molecule has 19 heavy (non-hydrogen) atoms. The van der Waals surface area contributed by atoms with Gasteiger partial charge >= 0.3 is 0 Å². The van der Waals surface area contributed by atoms with Crippen LogP contribution < -0.4 is 5.32 Å². The Kier molecular flexibility index (Phi) is 4.32. The van der Waals surface area contributed by atoms with Crippen molar-refractivity contribution in [3.05, 3.63) is 51.7 Å². The van der Waals surface area contributed by atoms with Crippen LogP contribution in [0.2, 0.25) is 0 Å². The second-order valence-corrected chi connectivity index (χ2v) is 6.83. The fraction of sp³-hybridized carbons (Fsp3) is 0.400. The van der Waals surface area contributed by atoms with E-state index in [1.54, 1.807) is 23.5 Å². The lowest BCUT2D eigenvalue weighted by molar-refractivity contribution is 0.426. The maximum absolute atomic E-state index is 13.1. The third-order valence-electron chi connectivity index (χ3n) is 2.64. The fourth-order valence-corrected chi connectivity index (χ4v) is 2.58. The molecule has 0 unspecified atom stereocenters. The normalized spacial score (nSPS) is 11.8. The monoisotopic (exact) mass is 278 g/mol. The first-order valence-electron chi connectivity index (χ1n) is 6.35. The molecular weight excluding hydrogens is 259 g/mol. The molecule has 1 N–H and O–H groups in total. The summed E-state index contributed by atoms with van der Waals surface area (Å²) < 4.78 is 13.1. The van der Waals surface area contributed by atoms with Gasteiger partial charge in [0.05, 0.1) is 5.01 Å². The fourth-order valence-electron chi connectivity index (χ4n) is 1.69. The Hall–Kier alpha value is -1.26. The van der Waals surface area contributed by atoms with E-state index in [0.717, 1.165) is 17.1 Å². The van der Waals surface area contributed by atoms with Crippen LogP contribution in [0.5, 0.6) is 0 Å². The van der Waals surface area contributed by atoms with Crippen molar-refractivity contribution in [1.29, 1.82) is 0 Å². The summed E-state index contributed by atoms with van der Waals surface area (Å²) in [5.41, 5.74) is 1.07. The third kappa shape index (κ3) is 4.73. The SMILES string of the molecule is CC(C)(C)NCc1cnc(Cc2cccc(F)c2)s1. The Bertz CT molecular complexity index is 543. The van der Waals surface area contributed by atoms with E-state index >= 15 is 0 Å². The number of nitrogens with zero attached hydrogens (tertiary/aromatic N) is 1. The van der Waals surface area contributed by atoms with Gasteiger partial charge in [-0.3, -0.25) is 0 Å². The minimum Gasteiger partial charge on any atom is -0.307 e. The van der Waals surface area contributed by atoms with Crippen LogP contribution in [0, 0.1) is 5.82 Å². The minimum absolute atomic E-state index is 0.104. The van der Waals surface area contributed by atoms with Crippen molar-refractivity contribution in [2.45, 2.75) is 39.3 Å². The quantitative estimate of drug-likeness (QED) is 0.921. The zero-order valence-electron chi connectivity index (χ0n) is 11.5. The van der Waals surface area contributed by atoms with E-state index < -0.39 is 0 Å². The molecule has 0 amide bonds. The first-order chi connectivity index (χ1) is 8.92. The van der Waals surface area contributed by atoms with Crippen LogP contribution in [0.1, 0.15) is 36.2 Å².